The Bertz CT molecular complexity index is 540. The van der Waals surface area contributed by atoms with Crippen LogP contribution in [0.3, 0.4) is 0 Å². The molecule has 15 heavy (non-hydrogen) atoms. The number of carbonyl (C=O) groups is 1. The van der Waals surface area contributed by atoms with E-state index >= 15 is 0 Å². The molecule has 1 heterocycles. The van der Waals surface area contributed by atoms with Crippen LogP contribution in [0.25, 0.3) is 0 Å². The van der Waals surface area contributed by atoms with E-state index in [-0.39, 0.29) is 16.0 Å². The van der Waals surface area contributed by atoms with Crippen LogP contribution in [0.1, 0.15) is 20.8 Å². The SMILES string of the molecule is N#Cc1c(I)sc(C=O)c1CS(=O)(=O)O. The van der Waals surface area contributed by atoms with Crippen LogP contribution in [0.15, 0.2) is 0 Å². The monoisotopic (exact) mass is 357 g/mol. The first kappa shape index (κ1) is 12.6. The average Bonchev–Trinajstić information content (AvgIpc) is 2.39. The molecule has 0 atom stereocenters. The fraction of sp³-hybridized carbons (Fsp3) is 0.143. The summed E-state index contributed by atoms with van der Waals surface area (Å²) in [6, 6.07) is 1.81. The fourth-order valence-electron chi connectivity index (χ4n) is 0.983. The molecule has 0 aromatic carbocycles. The third-order valence-electron chi connectivity index (χ3n) is 1.54. The molecule has 0 aliphatic carbocycles. The highest BCUT2D eigenvalue weighted by Crippen LogP contribution is 2.29. The Kier molecular flexibility index (Phi) is 3.82. The zero-order valence-corrected chi connectivity index (χ0v) is 10.9. The van der Waals surface area contributed by atoms with Crippen molar-refractivity contribution in [3.05, 3.63) is 18.9 Å². The maximum absolute atomic E-state index is 10.7. The minimum Gasteiger partial charge on any atom is -0.297 e. The summed E-state index contributed by atoms with van der Waals surface area (Å²) in [5.74, 6) is -0.705. The van der Waals surface area contributed by atoms with E-state index in [0.717, 1.165) is 11.3 Å². The number of nitrogens with zero attached hydrogens (tertiary/aromatic N) is 1. The summed E-state index contributed by atoms with van der Waals surface area (Å²) in [6.45, 7) is 0. The van der Waals surface area contributed by atoms with Crippen molar-refractivity contribution >= 4 is 50.3 Å². The maximum atomic E-state index is 10.7. The van der Waals surface area contributed by atoms with E-state index in [9.17, 15) is 13.2 Å². The lowest BCUT2D eigenvalue weighted by molar-refractivity contribution is 0.112. The maximum Gasteiger partial charge on any atom is 0.269 e. The standard InChI is InChI=1S/C7H4INO4S2/c8-7-4(1-9)5(3-15(11,12)13)6(2-10)14-7/h2H,3H2,(H,11,12,13). The normalized spacial score (nSPS) is 11.0. The second-order valence-corrected chi connectivity index (χ2v) is 6.86. The minimum absolute atomic E-state index is 0.0735. The molecule has 1 aromatic rings. The van der Waals surface area contributed by atoms with Gasteiger partial charge < -0.3 is 0 Å². The van der Waals surface area contributed by atoms with Crippen molar-refractivity contribution in [2.75, 3.05) is 0 Å². The summed E-state index contributed by atoms with van der Waals surface area (Å²) in [4.78, 5) is 10.8. The van der Waals surface area contributed by atoms with E-state index in [1.54, 1.807) is 0 Å². The first-order valence-electron chi connectivity index (χ1n) is 3.50. The van der Waals surface area contributed by atoms with Gasteiger partial charge in [-0.3, -0.25) is 9.35 Å². The second-order valence-electron chi connectivity index (χ2n) is 2.55. The van der Waals surface area contributed by atoms with Gasteiger partial charge in [-0.1, -0.05) is 0 Å². The van der Waals surface area contributed by atoms with Crippen molar-refractivity contribution in [1.82, 2.24) is 0 Å². The zero-order chi connectivity index (χ0) is 11.6. The van der Waals surface area contributed by atoms with Crippen molar-refractivity contribution in [2.24, 2.45) is 0 Å². The first-order valence-corrected chi connectivity index (χ1v) is 7.01. The first-order chi connectivity index (χ1) is 6.89. The van der Waals surface area contributed by atoms with E-state index in [0.29, 0.717) is 9.17 Å². The zero-order valence-electron chi connectivity index (χ0n) is 7.10. The van der Waals surface area contributed by atoms with Crippen LogP contribution in [0.2, 0.25) is 0 Å². The van der Waals surface area contributed by atoms with Crippen LogP contribution in [-0.4, -0.2) is 19.3 Å². The van der Waals surface area contributed by atoms with Gasteiger partial charge in [0.15, 0.2) is 6.29 Å². The van der Waals surface area contributed by atoms with Crippen LogP contribution in [0.4, 0.5) is 0 Å². The number of carbonyl (C=O) groups excluding carboxylic acids is 1. The molecule has 0 spiro atoms. The van der Waals surface area contributed by atoms with Crippen LogP contribution in [0, 0.1) is 14.2 Å². The lowest BCUT2D eigenvalue weighted by Crippen LogP contribution is -2.04. The number of thiophene rings is 1. The third-order valence-corrected chi connectivity index (χ3v) is 4.34. The Morgan fingerprint density at radius 2 is 2.20 bits per heavy atom. The predicted octanol–water partition coefficient (Wildman–Crippen LogP) is 1.42. The summed E-state index contributed by atoms with van der Waals surface area (Å²) in [7, 11) is -4.24. The Hall–Kier alpha value is -0.500. The molecule has 0 radical (unpaired) electrons. The Morgan fingerprint density at radius 1 is 1.60 bits per heavy atom. The molecule has 1 rings (SSSR count). The molecule has 0 aliphatic rings. The van der Waals surface area contributed by atoms with Gasteiger partial charge in [0.05, 0.1) is 13.3 Å². The molecule has 0 saturated heterocycles. The number of aldehydes is 1. The third kappa shape index (κ3) is 2.97. The highest BCUT2D eigenvalue weighted by molar-refractivity contribution is 14.1. The van der Waals surface area contributed by atoms with Crippen LogP contribution >= 0.6 is 33.9 Å². The lowest BCUT2D eigenvalue weighted by atomic mass is 10.2. The summed E-state index contributed by atoms with van der Waals surface area (Å²) >= 11 is 2.87. The van der Waals surface area contributed by atoms with Crippen molar-refractivity contribution in [1.29, 1.82) is 5.26 Å². The average molecular weight is 357 g/mol. The molecule has 1 aromatic heterocycles. The largest absolute Gasteiger partial charge is 0.297 e. The Labute approximate surface area is 104 Å². The Morgan fingerprint density at radius 3 is 2.60 bits per heavy atom. The summed E-state index contributed by atoms with van der Waals surface area (Å²) in [5.41, 5.74) is 0.213. The molecular weight excluding hydrogens is 353 g/mol. The molecule has 8 heteroatoms. The second kappa shape index (κ2) is 4.56. The molecule has 5 nitrogen and oxygen atoms in total. The fourth-order valence-corrected chi connectivity index (χ4v) is 3.71. The number of nitriles is 1. The van der Waals surface area contributed by atoms with Crippen molar-refractivity contribution in [3.8, 4) is 6.07 Å². The minimum atomic E-state index is -4.24. The quantitative estimate of drug-likeness (QED) is 0.502. The Balaban J connectivity index is 3.38. The molecule has 0 unspecified atom stereocenters. The van der Waals surface area contributed by atoms with Crippen molar-refractivity contribution < 1.29 is 17.8 Å². The van der Waals surface area contributed by atoms with Gasteiger partial charge in [-0.25, -0.2) is 0 Å². The number of hydrogen-bond acceptors (Lipinski definition) is 5. The van der Waals surface area contributed by atoms with E-state index < -0.39 is 15.9 Å². The van der Waals surface area contributed by atoms with Gasteiger partial charge in [-0.15, -0.1) is 11.3 Å². The van der Waals surface area contributed by atoms with Gasteiger partial charge >= 0.3 is 0 Å². The highest BCUT2D eigenvalue weighted by Gasteiger charge is 2.20. The molecule has 0 amide bonds. The molecule has 0 aliphatic heterocycles. The van der Waals surface area contributed by atoms with E-state index in [2.05, 4.69) is 0 Å². The molecule has 1 N–H and O–H groups in total. The number of hydrogen-bond donors (Lipinski definition) is 1. The van der Waals surface area contributed by atoms with Gasteiger partial charge in [0.25, 0.3) is 10.1 Å². The molecule has 80 valence electrons. The van der Waals surface area contributed by atoms with Gasteiger partial charge in [0, 0.05) is 5.56 Å². The number of rotatable bonds is 3. The topological polar surface area (TPSA) is 95.2 Å². The van der Waals surface area contributed by atoms with E-state index in [1.807, 2.05) is 28.7 Å². The summed E-state index contributed by atoms with van der Waals surface area (Å²) < 4.78 is 30.6. The lowest BCUT2D eigenvalue weighted by Gasteiger charge is -1.96. The van der Waals surface area contributed by atoms with Crippen LogP contribution in [0.5, 0.6) is 0 Å². The van der Waals surface area contributed by atoms with Gasteiger partial charge in [-0.2, -0.15) is 13.7 Å². The van der Waals surface area contributed by atoms with Crippen LogP contribution < -0.4 is 0 Å². The molecular formula is C7H4INO4S2. The van der Waals surface area contributed by atoms with Crippen molar-refractivity contribution in [3.63, 3.8) is 0 Å². The van der Waals surface area contributed by atoms with Crippen LogP contribution in [-0.2, 0) is 15.9 Å². The van der Waals surface area contributed by atoms with Crippen molar-refractivity contribution in [2.45, 2.75) is 5.75 Å². The molecule has 0 bridgehead atoms. The van der Waals surface area contributed by atoms with Gasteiger partial charge in [0.1, 0.15) is 11.8 Å². The summed E-state index contributed by atoms with van der Waals surface area (Å²) in [6.07, 6.45) is 0.480. The van der Waals surface area contributed by atoms with E-state index in [4.69, 9.17) is 9.81 Å². The smallest absolute Gasteiger partial charge is 0.269 e. The van der Waals surface area contributed by atoms with Gasteiger partial charge in [0.2, 0.25) is 0 Å². The highest BCUT2D eigenvalue weighted by atomic mass is 127. The molecule has 0 fully saturated rings. The summed E-state index contributed by atoms with van der Waals surface area (Å²) in [5, 5.41) is 8.76. The van der Waals surface area contributed by atoms with E-state index in [1.165, 1.54) is 0 Å². The number of halogens is 1. The molecule has 0 saturated carbocycles. The predicted molar refractivity (Wildman–Crippen MR) is 62.4 cm³/mol. The van der Waals surface area contributed by atoms with Gasteiger partial charge in [-0.05, 0) is 22.6 Å².